The molecule has 0 aliphatic rings. The summed E-state index contributed by atoms with van der Waals surface area (Å²) in [6.07, 6.45) is 1.76. The molecule has 0 saturated carbocycles. The van der Waals surface area contributed by atoms with Crippen LogP contribution < -0.4 is 10.3 Å². The van der Waals surface area contributed by atoms with Crippen LogP contribution in [0.3, 0.4) is 0 Å². The third kappa shape index (κ3) is 3.80. The van der Waals surface area contributed by atoms with Crippen molar-refractivity contribution in [2.24, 2.45) is 4.99 Å². The molecule has 2 aromatic heterocycles. The lowest BCUT2D eigenvalue weighted by Gasteiger charge is -2.03. The summed E-state index contributed by atoms with van der Waals surface area (Å²) in [5.74, 6) is 0.760. The van der Waals surface area contributed by atoms with E-state index in [1.165, 1.54) is 4.88 Å². The first-order valence-corrected chi connectivity index (χ1v) is 9.54. The zero-order valence-corrected chi connectivity index (χ0v) is 16.1. The number of aliphatic imine (C=N–C) groups is 1. The van der Waals surface area contributed by atoms with Gasteiger partial charge in [-0.05, 0) is 49.1 Å². The topological polar surface area (TPSA) is 59.4 Å². The Labute approximate surface area is 157 Å². The van der Waals surface area contributed by atoms with Gasteiger partial charge in [0.05, 0.1) is 24.9 Å². The molecule has 0 unspecified atom stereocenters. The average Bonchev–Trinajstić information content (AvgIpc) is 3.28. The molecule has 0 atom stereocenters. The molecule has 3 rings (SSSR count). The van der Waals surface area contributed by atoms with Crippen molar-refractivity contribution in [1.82, 2.24) is 9.78 Å². The Balaban J connectivity index is 1.99. The van der Waals surface area contributed by atoms with Gasteiger partial charge in [-0.3, -0.25) is 14.9 Å². The van der Waals surface area contributed by atoms with E-state index in [0.29, 0.717) is 12.1 Å². The summed E-state index contributed by atoms with van der Waals surface area (Å²) in [5, 5.41) is 5.30. The Kier molecular flexibility index (Phi) is 5.73. The van der Waals surface area contributed by atoms with Crippen molar-refractivity contribution in [3.05, 3.63) is 68.3 Å². The van der Waals surface area contributed by atoms with Crippen LogP contribution in [0.25, 0.3) is 5.69 Å². The largest absolute Gasteiger partial charge is 0.497 e. The molecule has 1 N–H and O–H groups in total. The van der Waals surface area contributed by atoms with Gasteiger partial charge in [0.25, 0.3) is 5.56 Å². The van der Waals surface area contributed by atoms with Crippen molar-refractivity contribution < 1.29 is 4.74 Å². The first kappa shape index (κ1) is 18.2. The second-order valence-electron chi connectivity index (χ2n) is 6.03. The standard InChI is InChI=1S/C20H23N3O2S/c1-4-6-18-19(14(2)21-13-17-7-5-12-26-17)20(24)23(22-18)15-8-10-16(25-3)11-9-15/h5,7-12,22H,4,6,13H2,1-3H3. The molecule has 0 radical (unpaired) electrons. The molecule has 0 aliphatic heterocycles. The second-order valence-corrected chi connectivity index (χ2v) is 7.07. The minimum absolute atomic E-state index is 0.0638. The predicted molar refractivity (Wildman–Crippen MR) is 107 cm³/mol. The van der Waals surface area contributed by atoms with Gasteiger partial charge in [-0.1, -0.05) is 19.4 Å². The number of nitrogens with zero attached hydrogens (tertiary/aromatic N) is 2. The molecule has 0 spiro atoms. The summed E-state index contributed by atoms with van der Waals surface area (Å²) in [4.78, 5) is 18.9. The van der Waals surface area contributed by atoms with Gasteiger partial charge in [0.1, 0.15) is 5.75 Å². The van der Waals surface area contributed by atoms with Crippen LogP contribution in [0.1, 0.15) is 36.4 Å². The fraction of sp³-hybridized carbons (Fsp3) is 0.300. The van der Waals surface area contributed by atoms with Crippen LogP contribution in [0.2, 0.25) is 0 Å². The van der Waals surface area contributed by atoms with Gasteiger partial charge in [-0.25, -0.2) is 4.68 Å². The number of nitrogens with one attached hydrogen (secondary N) is 1. The minimum Gasteiger partial charge on any atom is -0.497 e. The van der Waals surface area contributed by atoms with E-state index in [1.807, 2.05) is 42.6 Å². The zero-order chi connectivity index (χ0) is 18.5. The number of rotatable bonds is 7. The molecule has 1 aromatic carbocycles. The highest BCUT2D eigenvalue weighted by molar-refractivity contribution is 7.09. The molecule has 0 aliphatic carbocycles. The van der Waals surface area contributed by atoms with E-state index >= 15 is 0 Å². The maximum absolute atomic E-state index is 13.0. The van der Waals surface area contributed by atoms with E-state index in [9.17, 15) is 4.79 Å². The number of methoxy groups -OCH3 is 1. The van der Waals surface area contributed by atoms with E-state index in [4.69, 9.17) is 4.74 Å². The third-order valence-electron chi connectivity index (χ3n) is 4.21. The first-order chi connectivity index (χ1) is 12.6. The SMILES string of the molecule is CCCc1[nH]n(-c2ccc(OC)cc2)c(=O)c1C(C)=NCc1cccs1. The Morgan fingerprint density at radius 3 is 2.65 bits per heavy atom. The van der Waals surface area contributed by atoms with Gasteiger partial charge in [-0.2, -0.15) is 0 Å². The molecule has 6 heteroatoms. The maximum Gasteiger partial charge on any atom is 0.280 e. The number of aromatic nitrogens is 2. The van der Waals surface area contributed by atoms with Crippen LogP contribution in [0.4, 0.5) is 0 Å². The molecular weight excluding hydrogens is 346 g/mol. The minimum atomic E-state index is -0.0638. The number of H-pyrrole nitrogens is 1. The lowest BCUT2D eigenvalue weighted by atomic mass is 10.1. The third-order valence-corrected chi connectivity index (χ3v) is 5.07. The second kappa shape index (κ2) is 8.19. The van der Waals surface area contributed by atoms with Gasteiger partial charge in [-0.15, -0.1) is 11.3 Å². The lowest BCUT2D eigenvalue weighted by Crippen LogP contribution is -2.19. The van der Waals surface area contributed by atoms with Crippen LogP contribution in [0, 0.1) is 0 Å². The molecular formula is C20H23N3O2S. The van der Waals surface area contributed by atoms with Gasteiger partial charge in [0.2, 0.25) is 0 Å². The van der Waals surface area contributed by atoms with Crippen molar-refractivity contribution in [1.29, 1.82) is 0 Å². The van der Waals surface area contributed by atoms with Crippen molar-refractivity contribution in [2.75, 3.05) is 7.11 Å². The fourth-order valence-electron chi connectivity index (χ4n) is 2.88. The molecule has 3 aromatic rings. The summed E-state index contributed by atoms with van der Waals surface area (Å²) in [5.41, 5.74) is 3.10. The van der Waals surface area contributed by atoms with E-state index < -0.39 is 0 Å². The van der Waals surface area contributed by atoms with Crippen molar-refractivity contribution in [3.63, 3.8) is 0 Å². The Morgan fingerprint density at radius 2 is 2.04 bits per heavy atom. The number of aromatic amines is 1. The number of aryl methyl sites for hydroxylation is 1. The van der Waals surface area contributed by atoms with Gasteiger partial charge in [0.15, 0.2) is 0 Å². The maximum atomic E-state index is 13.0. The zero-order valence-electron chi connectivity index (χ0n) is 15.3. The van der Waals surface area contributed by atoms with Crippen molar-refractivity contribution >= 4 is 17.0 Å². The first-order valence-electron chi connectivity index (χ1n) is 8.66. The van der Waals surface area contributed by atoms with Crippen LogP contribution in [-0.2, 0) is 13.0 Å². The van der Waals surface area contributed by atoms with Crippen molar-refractivity contribution in [3.8, 4) is 11.4 Å². The monoisotopic (exact) mass is 369 g/mol. The summed E-state index contributed by atoms with van der Waals surface area (Å²) >= 11 is 1.67. The van der Waals surface area contributed by atoms with Crippen LogP contribution in [0.15, 0.2) is 51.6 Å². The van der Waals surface area contributed by atoms with Crippen LogP contribution in [-0.4, -0.2) is 22.6 Å². The highest BCUT2D eigenvalue weighted by Gasteiger charge is 2.17. The van der Waals surface area contributed by atoms with Gasteiger partial charge in [0, 0.05) is 16.3 Å². The summed E-state index contributed by atoms with van der Waals surface area (Å²) in [7, 11) is 1.63. The molecule has 0 fully saturated rings. The van der Waals surface area contributed by atoms with E-state index in [1.54, 1.807) is 23.1 Å². The molecule has 0 bridgehead atoms. The lowest BCUT2D eigenvalue weighted by molar-refractivity contribution is 0.414. The molecule has 26 heavy (non-hydrogen) atoms. The fourth-order valence-corrected chi connectivity index (χ4v) is 3.51. The summed E-state index contributed by atoms with van der Waals surface area (Å²) < 4.78 is 6.78. The Bertz CT molecular complexity index is 935. The molecule has 5 nitrogen and oxygen atoms in total. The molecule has 136 valence electrons. The van der Waals surface area contributed by atoms with Crippen LogP contribution >= 0.6 is 11.3 Å². The van der Waals surface area contributed by atoms with E-state index in [2.05, 4.69) is 23.1 Å². The summed E-state index contributed by atoms with van der Waals surface area (Å²) in [6.45, 7) is 4.61. The van der Waals surface area contributed by atoms with Crippen LogP contribution in [0.5, 0.6) is 5.75 Å². The van der Waals surface area contributed by atoms with E-state index in [0.717, 1.165) is 35.7 Å². The number of hydrogen-bond acceptors (Lipinski definition) is 4. The normalized spacial score (nSPS) is 11.7. The smallest absolute Gasteiger partial charge is 0.280 e. The van der Waals surface area contributed by atoms with Crippen molar-refractivity contribution in [2.45, 2.75) is 33.2 Å². The van der Waals surface area contributed by atoms with Gasteiger partial charge >= 0.3 is 0 Å². The number of ether oxygens (including phenoxy) is 1. The van der Waals surface area contributed by atoms with Gasteiger partial charge < -0.3 is 4.74 Å². The highest BCUT2D eigenvalue weighted by atomic mass is 32.1. The Morgan fingerprint density at radius 1 is 1.27 bits per heavy atom. The predicted octanol–water partition coefficient (Wildman–Crippen LogP) is 4.20. The molecule has 0 saturated heterocycles. The average molecular weight is 369 g/mol. The molecule has 2 heterocycles. The number of thiophene rings is 1. The highest BCUT2D eigenvalue weighted by Crippen LogP contribution is 2.16. The number of hydrogen-bond donors (Lipinski definition) is 1. The molecule has 0 amide bonds. The van der Waals surface area contributed by atoms with E-state index in [-0.39, 0.29) is 5.56 Å². The quantitative estimate of drug-likeness (QED) is 0.635. The number of benzene rings is 1. The Hall–Kier alpha value is -2.60. The summed E-state index contributed by atoms with van der Waals surface area (Å²) in [6, 6.07) is 11.5.